The molecular weight excluding hydrogens is 444 g/mol. The van der Waals surface area contributed by atoms with Crippen molar-refractivity contribution in [2.45, 2.75) is 4.90 Å². The number of rotatable bonds is 6. The van der Waals surface area contributed by atoms with Crippen LogP contribution in [0.1, 0.15) is 0 Å². The van der Waals surface area contributed by atoms with E-state index in [1.165, 1.54) is 11.8 Å². The molecule has 0 spiro atoms. The van der Waals surface area contributed by atoms with E-state index < -0.39 is 0 Å². The first-order chi connectivity index (χ1) is 11.0. The Balaban J connectivity index is 1.72. The Hall–Kier alpha value is -1.31. The highest BCUT2D eigenvalue weighted by Crippen LogP contribution is 2.21. The van der Waals surface area contributed by atoms with E-state index in [1.807, 2.05) is 42.5 Å². The Morgan fingerprint density at radius 3 is 2.35 bits per heavy atom. The Bertz CT molecular complexity index is 693. The maximum Gasteiger partial charge on any atom is 0.243 e. The van der Waals surface area contributed by atoms with Crippen molar-refractivity contribution < 1.29 is 9.59 Å². The van der Waals surface area contributed by atoms with Crippen molar-refractivity contribution >= 4 is 61.1 Å². The van der Waals surface area contributed by atoms with Gasteiger partial charge in [-0.1, -0.05) is 28.1 Å². The number of hydrogen-bond acceptors (Lipinski definition) is 3. The van der Waals surface area contributed by atoms with Crippen LogP contribution in [0.15, 0.2) is 62.4 Å². The van der Waals surface area contributed by atoms with E-state index in [0.29, 0.717) is 5.69 Å². The molecule has 0 atom stereocenters. The zero-order valence-electron chi connectivity index (χ0n) is 12.0. The fourth-order valence-corrected chi connectivity index (χ4v) is 3.04. The molecule has 0 fully saturated rings. The molecule has 2 rings (SSSR count). The maximum atomic E-state index is 11.8. The number of carbonyl (C=O) groups is 2. The van der Waals surface area contributed by atoms with Gasteiger partial charge in [-0.2, -0.15) is 0 Å². The summed E-state index contributed by atoms with van der Waals surface area (Å²) in [5.41, 5.74) is 0.677. The molecule has 7 heteroatoms. The average molecular weight is 458 g/mol. The van der Waals surface area contributed by atoms with Crippen molar-refractivity contribution in [3.63, 3.8) is 0 Å². The van der Waals surface area contributed by atoms with Crippen molar-refractivity contribution in [1.29, 1.82) is 0 Å². The molecule has 0 aliphatic carbocycles. The molecule has 0 saturated heterocycles. The molecule has 0 heterocycles. The zero-order chi connectivity index (χ0) is 16.7. The first-order valence-electron chi connectivity index (χ1n) is 6.74. The van der Waals surface area contributed by atoms with Gasteiger partial charge in [-0.05, 0) is 52.3 Å². The van der Waals surface area contributed by atoms with Gasteiger partial charge in [0.05, 0.1) is 18.0 Å². The molecular formula is C16H14Br2N2O2S. The fraction of sp³-hybridized carbons (Fsp3) is 0.125. The summed E-state index contributed by atoms with van der Waals surface area (Å²) in [6, 6.07) is 15.0. The summed E-state index contributed by atoms with van der Waals surface area (Å²) in [7, 11) is 0. The highest BCUT2D eigenvalue weighted by Gasteiger charge is 2.08. The number of hydrogen-bond donors (Lipinski definition) is 2. The first kappa shape index (κ1) is 18.0. The fourth-order valence-electron chi connectivity index (χ4n) is 1.67. The van der Waals surface area contributed by atoms with Crippen LogP contribution in [0.4, 0.5) is 5.69 Å². The molecule has 4 nitrogen and oxygen atoms in total. The van der Waals surface area contributed by atoms with Crippen molar-refractivity contribution in [3.8, 4) is 0 Å². The van der Waals surface area contributed by atoms with E-state index in [-0.39, 0.29) is 24.1 Å². The van der Waals surface area contributed by atoms with E-state index in [2.05, 4.69) is 42.5 Å². The van der Waals surface area contributed by atoms with Crippen molar-refractivity contribution in [2.75, 3.05) is 17.6 Å². The van der Waals surface area contributed by atoms with Crippen LogP contribution in [0.2, 0.25) is 0 Å². The predicted molar refractivity (Wildman–Crippen MR) is 101 cm³/mol. The van der Waals surface area contributed by atoms with E-state index in [0.717, 1.165) is 13.8 Å². The van der Waals surface area contributed by atoms with E-state index in [1.54, 1.807) is 6.07 Å². The summed E-state index contributed by atoms with van der Waals surface area (Å²) in [5, 5.41) is 5.34. The number of amides is 2. The SMILES string of the molecule is O=C(CSc1ccc(Br)cc1)NCC(=O)Nc1ccccc1Br. The van der Waals surface area contributed by atoms with Gasteiger partial charge in [-0.25, -0.2) is 0 Å². The topological polar surface area (TPSA) is 58.2 Å². The van der Waals surface area contributed by atoms with Crippen LogP contribution in [-0.4, -0.2) is 24.1 Å². The lowest BCUT2D eigenvalue weighted by molar-refractivity contribution is -0.122. The average Bonchev–Trinajstić information content (AvgIpc) is 2.54. The standard InChI is InChI=1S/C16H14Br2N2O2S/c17-11-5-7-12(8-6-11)23-10-16(22)19-9-15(21)20-14-4-2-1-3-13(14)18/h1-8H,9-10H2,(H,19,22)(H,20,21). The second-order valence-electron chi connectivity index (χ2n) is 4.55. The van der Waals surface area contributed by atoms with E-state index >= 15 is 0 Å². The number of nitrogens with one attached hydrogen (secondary N) is 2. The van der Waals surface area contributed by atoms with Crippen LogP contribution >= 0.6 is 43.6 Å². The lowest BCUT2D eigenvalue weighted by atomic mass is 10.3. The summed E-state index contributed by atoms with van der Waals surface area (Å²) >= 11 is 8.14. The van der Waals surface area contributed by atoms with Gasteiger partial charge in [-0.15, -0.1) is 11.8 Å². The summed E-state index contributed by atoms with van der Waals surface area (Å²) in [5.74, 6) is -0.177. The number of anilines is 1. The number of halogens is 2. The van der Waals surface area contributed by atoms with Crippen molar-refractivity contribution in [3.05, 3.63) is 57.5 Å². The van der Waals surface area contributed by atoms with Crippen LogP contribution < -0.4 is 10.6 Å². The minimum atomic E-state index is -0.265. The highest BCUT2D eigenvalue weighted by atomic mass is 79.9. The molecule has 0 aliphatic rings. The minimum Gasteiger partial charge on any atom is -0.346 e. The second-order valence-corrected chi connectivity index (χ2v) is 7.37. The molecule has 0 aromatic heterocycles. The normalized spacial score (nSPS) is 10.2. The zero-order valence-corrected chi connectivity index (χ0v) is 16.0. The van der Waals surface area contributed by atoms with Gasteiger partial charge in [0, 0.05) is 13.8 Å². The van der Waals surface area contributed by atoms with Gasteiger partial charge < -0.3 is 10.6 Å². The van der Waals surface area contributed by atoms with Gasteiger partial charge in [0.25, 0.3) is 0 Å². The van der Waals surface area contributed by atoms with Crippen LogP contribution in [-0.2, 0) is 9.59 Å². The molecule has 0 radical (unpaired) electrons. The molecule has 0 unspecified atom stereocenters. The van der Waals surface area contributed by atoms with Crippen molar-refractivity contribution in [1.82, 2.24) is 5.32 Å². The van der Waals surface area contributed by atoms with Crippen LogP contribution in [0.25, 0.3) is 0 Å². The molecule has 2 aromatic rings. The summed E-state index contributed by atoms with van der Waals surface area (Å²) in [6.45, 7) is -0.0545. The number of thioether (sulfide) groups is 1. The lowest BCUT2D eigenvalue weighted by Gasteiger charge is -2.08. The lowest BCUT2D eigenvalue weighted by Crippen LogP contribution is -2.33. The monoisotopic (exact) mass is 456 g/mol. The number of carbonyl (C=O) groups excluding carboxylic acids is 2. The largest absolute Gasteiger partial charge is 0.346 e. The third kappa shape index (κ3) is 6.37. The molecule has 23 heavy (non-hydrogen) atoms. The maximum absolute atomic E-state index is 11.8. The van der Waals surface area contributed by atoms with Crippen LogP contribution in [0, 0.1) is 0 Å². The molecule has 2 amide bonds. The van der Waals surface area contributed by atoms with E-state index in [9.17, 15) is 9.59 Å². The van der Waals surface area contributed by atoms with Crippen LogP contribution in [0.3, 0.4) is 0 Å². The molecule has 2 aromatic carbocycles. The number of benzene rings is 2. The third-order valence-electron chi connectivity index (χ3n) is 2.78. The van der Waals surface area contributed by atoms with E-state index in [4.69, 9.17) is 0 Å². The molecule has 2 N–H and O–H groups in total. The summed E-state index contributed by atoms with van der Waals surface area (Å²) in [6.07, 6.45) is 0. The minimum absolute atomic E-state index is 0.0545. The number of para-hydroxylation sites is 1. The third-order valence-corrected chi connectivity index (χ3v) is 5.01. The highest BCUT2D eigenvalue weighted by molar-refractivity contribution is 9.10. The Labute approximate surface area is 155 Å². The quantitative estimate of drug-likeness (QED) is 0.643. The second kappa shape index (κ2) is 9.10. The van der Waals surface area contributed by atoms with Gasteiger partial charge in [-0.3, -0.25) is 9.59 Å². The Morgan fingerprint density at radius 1 is 0.957 bits per heavy atom. The Kier molecular flexibility index (Phi) is 7.14. The van der Waals surface area contributed by atoms with Crippen LogP contribution in [0.5, 0.6) is 0 Å². The molecule has 0 bridgehead atoms. The molecule has 0 saturated carbocycles. The smallest absolute Gasteiger partial charge is 0.243 e. The van der Waals surface area contributed by atoms with Gasteiger partial charge in [0.1, 0.15) is 0 Å². The molecule has 0 aliphatic heterocycles. The van der Waals surface area contributed by atoms with Gasteiger partial charge in [0.15, 0.2) is 0 Å². The summed E-state index contributed by atoms with van der Waals surface area (Å²) < 4.78 is 1.79. The van der Waals surface area contributed by atoms with Gasteiger partial charge >= 0.3 is 0 Å². The van der Waals surface area contributed by atoms with Gasteiger partial charge in [0.2, 0.25) is 11.8 Å². The predicted octanol–water partition coefficient (Wildman–Crippen LogP) is 4.06. The first-order valence-corrected chi connectivity index (χ1v) is 9.31. The Morgan fingerprint density at radius 2 is 1.65 bits per heavy atom. The van der Waals surface area contributed by atoms with Crippen molar-refractivity contribution in [2.24, 2.45) is 0 Å². The summed E-state index contributed by atoms with van der Waals surface area (Å²) in [4.78, 5) is 24.6. The molecule has 120 valence electrons.